The lowest BCUT2D eigenvalue weighted by Gasteiger charge is -2.09. The molecular formula is C20H20F2N6OS. The van der Waals surface area contributed by atoms with Crippen LogP contribution in [0.3, 0.4) is 0 Å². The number of rotatable bonds is 6. The first-order valence-electron chi connectivity index (χ1n) is 8.97. The van der Waals surface area contributed by atoms with Gasteiger partial charge >= 0.3 is 5.69 Å². The van der Waals surface area contributed by atoms with Crippen molar-refractivity contribution in [3.8, 4) is 11.8 Å². The van der Waals surface area contributed by atoms with Crippen LogP contribution in [0.2, 0.25) is 0 Å². The number of hydrogen-bond donors (Lipinski definition) is 1. The van der Waals surface area contributed by atoms with Crippen molar-refractivity contribution in [3.63, 3.8) is 0 Å². The quantitative estimate of drug-likeness (QED) is 0.606. The van der Waals surface area contributed by atoms with Crippen molar-refractivity contribution in [1.29, 1.82) is 0 Å². The molecule has 0 aliphatic rings. The molecule has 0 spiro atoms. The van der Waals surface area contributed by atoms with Gasteiger partial charge in [0, 0.05) is 42.9 Å². The summed E-state index contributed by atoms with van der Waals surface area (Å²) in [7, 11) is 3.84. The minimum Gasteiger partial charge on any atom is -0.363 e. The molecule has 0 atom stereocenters. The van der Waals surface area contributed by atoms with Gasteiger partial charge in [-0.2, -0.15) is 13.9 Å². The zero-order valence-corrected chi connectivity index (χ0v) is 17.3. The molecule has 2 N–H and O–H groups in total. The molecule has 0 aromatic carbocycles. The second kappa shape index (κ2) is 9.47. The number of pyridine rings is 1. The molecule has 0 radical (unpaired) electrons. The molecule has 3 rings (SSSR count). The van der Waals surface area contributed by atoms with Crippen LogP contribution in [0, 0.1) is 11.8 Å². The summed E-state index contributed by atoms with van der Waals surface area (Å²) >= 11 is 1.45. The zero-order chi connectivity index (χ0) is 21.7. The summed E-state index contributed by atoms with van der Waals surface area (Å²) < 4.78 is 27.8. The molecule has 0 aliphatic heterocycles. The molecule has 0 amide bonds. The van der Waals surface area contributed by atoms with Crippen LogP contribution >= 0.6 is 11.3 Å². The highest BCUT2D eigenvalue weighted by molar-refractivity contribution is 7.12. The summed E-state index contributed by atoms with van der Waals surface area (Å²) in [5.74, 6) is 7.00. The van der Waals surface area contributed by atoms with Crippen LogP contribution in [0.25, 0.3) is 0 Å². The van der Waals surface area contributed by atoms with Gasteiger partial charge in [0.2, 0.25) is 0 Å². The lowest BCUT2D eigenvalue weighted by molar-refractivity contribution is 0.400. The van der Waals surface area contributed by atoms with Gasteiger partial charge in [-0.1, -0.05) is 11.8 Å². The van der Waals surface area contributed by atoms with Crippen LogP contribution in [0.5, 0.6) is 0 Å². The Labute approximate surface area is 176 Å². The third-order valence-electron chi connectivity index (χ3n) is 4.18. The van der Waals surface area contributed by atoms with E-state index in [4.69, 9.17) is 5.73 Å². The normalized spacial score (nSPS) is 10.4. The Morgan fingerprint density at radius 2 is 2.03 bits per heavy atom. The molecule has 0 bridgehead atoms. The van der Waals surface area contributed by atoms with Crippen molar-refractivity contribution < 1.29 is 8.78 Å². The van der Waals surface area contributed by atoms with Crippen molar-refractivity contribution in [3.05, 3.63) is 74.2 Å². The molecule has 3 heterocycles. The number of anilines is 1. The van der Waals surface area contributed by atoms with Gasteiger partial charge in [-0.05, 0) is 24.3 Å². The molecule has 0 unspecified atom stereocenters. The van der Waals surface area contributed by atoms with E-state index in [-0.39, 0.29) is 25.2 Å². The first-order chi connectivity index (χ1) is 14.4. The average Bonchev–Trinajstić information content (AvgIpc) is 3.32. The average molecular weight is 430 g/mol. The van der Waals surface area contributed by atoms with Crippen molar-refractivity contribution in [2.45, 2.75) is 13.1 Å². The summed E-state index contributed by atoms with van der Waals surface area (Å²) in [6, 6.07) is 7.55. The first kappa shape index (κ1) is 21.4. The molecule has 0 aliphatic carbocycles. The maximum atomic E-state index is 12.8. The Morgan fingerprint density at radius 3 is 2.67 bits per heavy atom. The summed E-state index contributed by atoms with van der Waals surface area (Å²) in [6.45, 7) is -0.376. The molecule has 30 heavy (non-hydrogen) atoms. The van der Waals surface area contributed by atoms with Gasteiger partial charge in [0.25, 0.3) is 6.08 Å². The Hall–Kier alpha value is -3.29. The van der Waals surface area contributed by atoms with Crippen LogP contribution in [-0.2, 0) is 13.1 Å². The van der Waals surface area contributed by atoms with E-state index in [1.807, 2.05) is 43.3 Å². The monoisotopic (exact) mass is 430 g/mol. The van der Waals surface area contributed by atoms with Crippen molar-refractivity contribution >= 4 is 17.2 Å². The Morgan fingerprint density at radius 1 is 1.23 bits per heavy atom. The SMILES string of the molecule is CN(C)c1ccc(C#Cc2ccc(Cn3cnn(CC(CN)=C(F)F)c3=O)s2)cn1. The van der Waals surface area contributed by atoms with E-state index in [1.165, 1.54) is 22.2 Å². The van der Waals surface area contributed by atoms with Crippen LogP contribution in [0.4, 0.5) is 14.6 Å². The van der Waals surface area contributed by atoms with E-state index in [0.29, 0.717) is 0 Å². The minimum atomic E-state index is -1.88. The lowest BCUT2D eigenvalue weighted by atomic mass is 10.3. The molecule has 7 nitrogen and oxygen atoms in total. The van der Waals surface area contributed by atoms with Gasteiger partial charge in [-0.3, -0.25) is 4.57 Å². The van der Waals surface area contributed by atoms with Crippen molar-refractivity contribution in [2.24, 2.45) is 5.73 Å². The van der Waals surface area contributed by atoms with Gasteiger partial charge in [0.1, 0.15) is 12.1 Å². The van der Waals surface area contributed by atoms with Gasteiger partial charge in [0.05, 0.1) is 18.0 Å². The van der Waals surface area contributed by atoms with Crippen molar-refractivity contribution in [2.75, 3.05) is 25.5 Å². The lowest BCUT2D eigenvalue weighted by Crippen LogP contribution is -2.27. The fraction of sp³-hybridized carbons (Fsp3) is 0.250. The topological polar surface area (TPSA) is 82.0 Å². The minimum absolute atomic E-state index is 0.282. The fourth-order valence-electron chi connectivity index (χ4n) is 2.53. The van der Waals surface area contributed by atoms with E-state index in [0.717, 1.165) is 25.8 Å². The maximum absolute atomic E-state index is 12.8. The van der Waals surface area contributed by atoms with E-state index in [9.17, 15) is 13.6 Å². The molecule has 156 valence electrons. The largest absolute Gasteiger partial charge is 0.363 e. The van der Waals surface area contributed by atoms with Gasteiger partial charge in [-0.15, -0.1) is 11.3 Å². The molecule has 0 saturated carbocycles. The van der Waals surface area contributed by atoms with Gasteiger partial charge < -0.3 is 10.6 Å². The first-order valence-corrected chi connectivity index (χ1v) is 9.78. The molecule has 0 fully saturated rings. The van der Waals surface area contributed by atoms with E-state index < -0.39 is 11.8 Å². The summed E-state index contributed by atoms with van der Waals surface area (Å²) in [5.41, 5.74) is 5.30. The smallest absolute Gasteiger partial charge is 0.346 e. The third-order valence-corrected chi connectivity index (χ3v) is 5.16. The highest BCUT2D eigenvalue weighted by atomic mass is 32.1. The Bertz CT molecular complexity index is 1160. The third kappa shape index (κ3) is 5.20. The van der Waals surface area contributed by atoms with Crippen LogP contribution in [0.15, 0.2) is 53.2 Å². The Balaban J connectivity index is 1.70. The second-order valence-corrected chi connectivity index (χ2v) is 7.75. The van der Waals surface area contributed by atoms with Gasteiger partial charge in [-0.25, -0.2) is 14.5 Å². The molecule has 3 aromatic rings. The predicted octanol–water partition coefficient (Wildman–Crippen LogP) is 2.12. The highest BCUT2D eigenvalue weighted by Gasteiger charge is 2.11. The predicted molar refractivity (Wildman–Crippen MR) is 113 cm³/mol. The number of nitrogens with two attached hydrogens (primary N) is 1. The molecule has 3 aromatic heterocycles. The number of hydrogen-bond acceptors (Lipinski definition) is 6. The second-order valence-electron chi connectivity index (χ2n) is 6.58. The Kier molecular flexibility index (Phi) is 6.76. The standard InChI is InChI=1S/C20H20F2N6OS/c1-26(2)18-8-4-14(10-24-18)3-5-16-6-7-17(30-16)12-27-13-25-28(20(27)29)11-15(9-23)19(21)22/h4,6-8,10,13H,9,11-12,23H2,1-2H3. The highest BCUT2D eigenvalue weighted by Crippen LogP contribution is 2.16. The number of halogens is 2. The zero-order valence-electron chi connectivity index (χ0n) is 16.5. The fourth-order valence-corrected chi connectivity index (χ4v) is 3.39. The summed E-state index contributed by atoms with van der Waals surface area (Å²) in [4.78, 5) is 20.3. The molecule has 10 heteroatoms. The van der Waals surface area contributed by atoms with Crippen LogP contribution in [-0.4, -0.2) is 40.0 Å². The van der Waals surface area contributed by atoms with E-state index in [1.54, 1.807) is 6.20 Å². The van der Waals surface area contributed by atoms with Gasteiger partial charge in [0.15, 0.2) is 0 Å². The number of nitrogens with zero attached hydrogens (tertiary/aromatic N) is 5. The van der Waals surface area contributed by atoms with Crippen LogP contribution < -0.4 is 16.3 Å². The molecular weight excluding hydrogens is 410 g/mol. The van der Waals surface area contributed by atoms with E-state index >= 15 is 0 Å². The maximum Gasteiger partial charge on any atom is 0.346 e. The number of thiophene rings is 1. The molecule has 0 saturated heterocycles. The van der Waals surface area contributed by atoms with Crippen LogP contribution in [0.1, 0.15) is 15.3 Å². The van der Waals surface area contributed by atoms with E-state index in [2.05, 4.69) is 21.9 Å². The number of aromatic nitrogens is 4. The summed E-state index contributed by atoms with van der Waals surface area (Å²) in [6.07, 6.45) is 1.16. The van der Waals surface area contributed by atoms with Crippen molar-refractivity contribution in [1.82, 2.24) is 19.3 Å². The summed E-state index contributed by atoms with van der Waals surface area (Å²) in [5, 5.41) is 3.89.